The van der Waals surface area contributed by atoms with Crippen LogP contribution >= 0.6 is 11.3 Å². The van der Waals surface area contributed by atoms with E-state index in [4.69, 9.17) is 5.26 Å². The van der Waals surface area contributed by atoms with Crippen molar-refractivity contribution in [3.05, 3.63) is 52.0 Å². The molecule has 5 nitrogen and oxygen atoms in total. The van der Waals surface area contributed by atoms with Crippen LogP contribution in [0.5, 0.6) is 0 Å². The van der Waals surface area contributed by atoms with E-state index in [0.29, 0.717) is 10.4 Å². The van der Waals surface area contributed by atoms with Crippen LogP contribution in [0.4, 0.5) is 0 Å². The molecule has 0 spiro atoms. The van der Waals surface area contributed by atoms with Crippen molar-refractivity contribution in [3.63, 3.8) is 0 Å². The number of hydrogen-bond acceptors (Lipinski definition) is 5. The number of amides is 1. The summed E-state index contributed by atoms with van der Waals surface area (Å²) in [4.78, 5) is 28.5. The molecule has 0 aliphatic carbocycles. The molecule has 0 bridgehead atoms. The molecule has 0 saturated carbocycles. The van der Waals surface area contributed by atoms with Gasteiger partial charge in [0.1, 0.15) is 11.8 Å². The minimum absolute atomic E-state index is 0.00517. The van der Waals surface area contributed by atoms with Crippen LogP contribution in [0, 0.1) is 11.3 Å². The molecule has 2 heterocycles. The fraction of sp³-hybridized carbons (Fsp3) is 0.200. The Morgan fingerprint density at radius 2 is 2.24 bits per heavy atom. The van der Waals surface area contributed by atoms with Crippen LogP contribution in [0.2, 0.25) is 0 Å². The second-order valence-electron chi connectivity index (χ2n) is 4.52. The van der Waals surface area contributed by atoms with Gasteiger partial charge in [-0.1, -0.05) is 6.07 Å². The summed E-state index contributed by atoms with van der Waals surface area (Å²) in [6.07, 6.45) is 1.58. The first-order valence-electron chi connectivity index (χ1n) is 6.34. The van der Waals surface area contributed by atoms with E-state index in [1.54, 1.807) is 13.0 Å². The summed E-state index contributed by atoms with van der Waals surface area (Å²) in [6, 6.07) is 8.26. The van der Waals surface area contributed by atoms with Gasteiger partial charge < -0.3 is 5.32 Å². The summed E-state index contributed by atoms with van der Waals surface area (Å²) < 4.78 is 0. The van der Waals surface area contributed by atoms with Crippen LogP contribution in [-0.4, -0.2) is 22.7 Å². The fourth-order valence-corrected chi connectivity index (χ4v) is 2.43. The van der Waals surface area contributed by atoms with E-state index >= 15 is 0 Å². The fourth-order valence-electron chi connectivity index (χ4n) is 1.76. The summed E-state index contributed by atoms with van der Waals surface area (Å²) in [7, 11) is 0. The highest BCUT2D eigenvalue weighted by Gasteiger charge is 2.15. The number of rotatable bonds is 5. The third-order valence-electron chi connectivity index (χ3n) is 2.79. The topological polar surface area (TPSA) is 82.9 Å². The number of pyridine rings is 1. The number of nitriles is 1. The molecular weight excluding hydrogens is 286 g/mol. The van der Waals surface area contributed by atoms with Crippen molar-refractivity contribution >= 4 is 23.0 Å². The van der Waals surface area contributed by atoms with Gasteiger partial charge in [-0.15, -0.1) is 11.3 Å². The Morgan fingerprint density at radius 3 is 2.81 bits per heavy atom. The van der Waals surface area contributed by atoms with Gasteiger partial charge in [0.25, 0.3) is 5.91 Å². The molecule has 0 saturated heterocycles. The highest BCUT2D eigenvalue weighted by molar-refractivity contribution is 7.12. The largest absolute Gasteiger partial charge is 0.348 e. The Hall–Kier alpha value is -2.52. The van der Waals surface area contributed by atoms with Crippen molar-refractivity contribution in [3.8, 4) is 6.07 Å². The van der Waals surface area contributed by atoms with Crippen molar-refractivity contribution in [1.82, 2.24) is 10.3 Å². The van der Waals surface area contributed by atoms with Crippen molar-refractivity contribution in [2.75, 3.05) is 0 Å². The SMILES string of the molecule is C[C@H](CC(=O)c1cccs1)NC(=O)c1ccc(C#N)cn1. The molecule has 0 fully saturated rings. The van der Waals surface area contributed by atoms with Gasteiger partial charge >= 0.3 is 0 Å². The van der Waals surface area contributed by atoms with Crippen LogP contribution in [0.1, 0.15) is 39.1 Å². The highest BCUT2D eigenvalue weighted by atomic mass is 32.1. The van der Waals surface area contributed by atoms with Crippen molar-refractivity contribution < 1.29 is 9.59 Å². The molecule has 1 amide bonds. The molecule has 2 aromatic rings. The molecule has 1 N–H and O–H groups in total. The lowest BCUT2D eigenvalue weighted by atomic mass is 10.1. The Morgan fingerprint density at radius 1 is 1.43 bits per heavy atom. The minimum Gasteiger partial charge on any atom is -0.348 e. The lowest BCUT2D eigenvalue weighted by molar-refractivity contribution is 0.0915. The Labute approximate surface area is 126 Å². The molecule has 1 atom stereocenters. The summed E-state index contributed by atoms with van der Waals surface area (Å²) in [5.74, 6) is -0.350. The van der Waals surface area contributed by atoms with Gasteiger partial charge in [0.05, 0.1) is 10.4 Å². The van der Waals surface area contributed by atoms with E-state index in [1.165, 1.54) is 29.7 Å². The van der Waals surface area contributed by atoms with Gasteiger partial charge in [0.15, 0.2) is 5.78 Å². The average Bonchev–Trinajstić information content (AvgIpc) is 3.01. The molecule has 2 aromatic heterocycles. The zero-order valence-corrected chi connectivity index (χ0v) is 12.2. The van der Waals surface area contributed by atoms with E-state index in [9.17, 15) is 9.59 Å². The van der Waals surface area contributed by atoms with E-state index in [2.05, 4.69) is 10.3 Å². The monoisotopic (exact) mass is 299 g/mol. The average molecular weight is 299 g/mol. The van der Waals surface area contributed by atoms with Gasteiger partial charge in [0.2, 0.25) is 0 Å². The van der Waals surface area contributed by atoms with Gasteiger partial charge in [-0.2, -0.15) is 5.26 Å². The standard InChI is InChI=1S/C15H13N3O2S/c1-10(7-13(19)14-3-2-6-21-14)18-15(20)12-5-4-11(8-16)9-17-12/h2-6,9-10H,7H2,1H3,(H,18,20)/t10-/m1/s1. The molecule has 6 heteroatoms. The summed E-state index contributed by atoms with van der Waals surface area (Å²) in [6.45, 7) is 1.77. The molecule has 0 unspecified atom stereocenters. The first kappa shape index (κ1) is 14.9. The predicted molar refractivity (Wildman–Crippen MR) is 79.1 cm³/mol. The van der Waals surface area contributed by atoms with Crippen LogP contribution < -0.4 is 5.32 Å². The van der Waals surface area contributed by atoms with E-state index in [-0.39, 0.29) is 29.8 Å². The van der Waals surface area contributed by atoms with E-state index < -0.39 is 0 Å². The van der Waals surface area contributed by atoms with E-state index in [0.717, 1.165) is 0 Å². The Balaban J connectivity index is 1.92. The van der Waals surface area contributed by atoms with Crippen molar-refractivity contribution in [1.29, 1.82) is 5.26 Å². The number of carbonyl (C=O) groups is 2. The molecule has 106 valence electrons. The third kappa shape index (κ3) is 3.97. The Kier molecular flexibility index (Phi) is 4.80. The first-order chi connectivity index (χ1) is 10.1. The number of ketones is 1. The second-order valence-corrected chi connectivity index (χ2v) is 5.47. The molecule has 0 aliphatic heterocycles. The van der Waals surface area contributed by atoms with Crippen LogP contribution in [0.15, 0.2) is 35.8 Å². The molecule has 0 radical (unpaired) electrons. The molecule has 21 heavy (non-hydrogen) atoms. The second kappa shape index (κ2) is 6.77. The Bertz CT molecular complexity index is 672. The molecule has 2 rings (SSSR count). The number of thiophene rings is 1. The summed E-state index contributed by atoms with van der Waals surface area (Å²) >= 11 is 1.39. The van der Waals surface area contributed by atoms with Gasteiger partial charge in [0, 0.05) is 18.7 Å². The zero-order valence-electron chi connectivity index (χ0n) is 11.4. The van der Waals surface area contributed by atoms with Gasteiger partial charge in [-0.3, -0.25) is 9.59 Å². The van der Waals surface area contributed by atoms with Crippen LogP contribution in [-0.2, 0) is 0 Å². The number of nitrogens with zero attached hydrogens (tertiary/aromatic N) is 2. The maximum atomic E-state index is 12.0. The maximum absolute atomic E-state index is 12.0. The van der Waals surface area contributed by atoms with Gasteiger partial charge in [-0.05, 0) is 30.5 Å². The maximum Gasteiger partial charge on any atom is 0.270 e. The van der Waals surface area contributed by atoms with Crippen LogP contribution in [0.25, 0.3) is 0 Å². The number of hydrogen-bond donors (Lipinski definition) is 1. The zero-order chi connectivity index (χ0) is 15.2. The molecule has 0 aliphatic rings. The lowest BCUT2D eigenvalue weighted by Gasteiger charge is -2.12. The summed E-state index contributed by atoms with van der Waals surface area (Å²) in [5.41, 5.74) is 0.622. The lowest BCUT2D eigenvalue weighted by Crippen LogP contribution is -2.34. The normalized spacial score (nSPS) is 11.4. The van der Waals surface area contributed by atoms with Crippen molar-refractivity contribution in [2.24, 2.45) is 0 Å². The summed E-state index contributed by atoms with van der Waals surface area (Å²) in [5, 5.41) is 13.2. The number of aromatic nitrogens is 1. The highest BCUT2D eigenvalue weighted by Crippen LogP contribution is 2.12. The predicted octanol–water partition coefficient (Wildman–Crippen LogP) is 2.41. The van der Waals surface area contributed by atoms with Crippen molar-refractivity contribution in [2.45, 2.75) is 19.4 Å². The third-order valence-corrected chi connectivity index (χ3v) is 3.70. The number of nitrogens with one attached hydrogen (secondary N) is 1. The van der Waals surface area contributed by atoms with Gasteiger partial charge in [-0.25, -0.2) is 4.98 Å². The van der Waals surface area contributed by atoms with Crippen LogP contribution in [0.3, 0.4) is 0 Å². The smallest absolute Gasteiger partial charge is 0.270 e. The van der Waals surface area contributed by atoms with E-state index in [1.807, 2.05) is 17.5 Å². The molecular formula is C15H13N3O2S. The quantitative estimate of drug-likeness (QED) is 0.859. The number of carbonyl (C=O) groups excluding carboxylic acids is 2. The molecule has 0 aromatic carbocycles. The minimum atomic E-state index is -0.356. The number of Topliss-reactive ketones (excluding diaryl/α,β-unsaturated/α-hetero) is 1. The first-order valence-corrected chi connectivity index (χ1v) is 7.22.